The first kappa shape index (κ1) is 12.9. The molecule has 0 bridgehead atoms. The van der Waals surface area contributed by atoms with E-state index < -0.39 is 0 Å². The molecule has 2 aromatic rings. The molecule has 3 rings (SSSR count). The van der Waals surface area contributed by atoms with Gasteiger partial charge in [-0.3, -0.25) is 9.48 Å². The standard InChI is InChI=1S/C16H19N3O/c1-11-15(12(2)18(3)17-11)16(20)19-10-6-8-13-7-4-5-9-14(13)19/h4-5,7,9H,6,8,10H2,1-3H3. The van der Waals surface area contributed by atoms with Gasteiger partial charge in [-0.05, 0) is 38.3 Å². The van der Waals surface area contributed by atoms with Crippen molar-refractivity contribution in [1.29, 1.82) is 0 Å². The third-order valence-corrected chi connectivity index (χ3v) is 4.08. The third-order valence-electron chi connectivity index (χ3n) is 4.08. The van der Waals surface area contributed by atoms with Gasteiger partial charge in [0.2, 0.25) is 0 Å². The molecule has 0 saturated carbocycles. The lowest BCUT2D eigenvalue weighted by molar-refractivity contribution is 0.0984. The van der Waals surface area contributed by atoms with Gasteiger partial charge in [0.05, 0.1) is 11.3 Å². The molecule has 0 spiro atoms. The number of anilines is 1. The molecule has 0 fully saturated rings. The van der Waals surface area contributed by atoms with Crippen LogP contribution < -0.4 is 4.90 Å². The van der Waals surface area contributed by atoms with Crippen molar-refractivity contribution < 1.29 is 4.79 Å². The van der Waals surface area contributed by atoms with Gasteiger partial charge >= 0.3 is 0 Å². The average molecular weight is 269 g/mol. The Balaban J connectivity index is 2.04. The lowest BCUT2D eigenvalue weighted by Gasteiger charge is -2.29. The van der Waals surface area contributed by atoms with Crippen LogP contribution in [0, 0.1) is 13.8 Å². The number of amides is 1. The number of fused-ring (bicyclic) bond motifs is 1. The van der Waals surface area contributed by atoms with E-state index in [1.807, 2.05) is 44.0 Å². The first-order chi connectivity index (χ1) is 9.59. The van der Waals surface area contributed by atoms with Gasteiger partial charge < -0.3 is 4.90 Å². The van der Waals surface area contributed by atoms with Gasteiger partial charge in [-0.25, -0.2) is 0 Å². The summed E-state index contributed by atoms with van der Waals surface area (Å²) in [6.45, 7) is 4.63. The van der Waals surface area contributed by atoms with Crippen LogP contribution in [0.5, 0.6) is 0 Å². The number of aromatic nitrogens is 2. The van der Waals surface area contributed by atoms with Gasteiger partial charge in [0.1, 0.15) is 0 Å². The van der Waals surface area contributed by atoms with Crippen LogP contribution >= 0.6 is 0 Å². The van der Waals surface area contributed by atoms with Crippen LogP contribution in [0.3, 0.4) is 0 Å². The molecule has 4 nitrogen and oxygen atoms in total. The highest BCUT2D eigenvalue weighted by molar-refractivity contribution is 6.08. The van der Waals surface area contributed by atoms with E-state index in [1.54, 1.807) is 4.68 Å². The van der Waals surface area contributed by atoms with Gasteiger partial charge in [0.25, 0.3) is 5.91 Å². The molecule has 0 aliphatic carbocycles. The maximum atomic E-state index is 12.9. The largest absolute Gasteiger partial charge is 0.308 e. The fourth-order valence-electron chi connectivity index (χ4n) is 2.96. The van der Waals surface area contributed by atoms with E-state index in [1.165, 1.54) is 5.56 Å². The molecule has 1 aliphatic heterocycles. The van der Waals surface area contributed by atoms with Crippen molar-refractivity contribution in [1.82, 2.24) is 9.78 Å². The van der Waals surface area contributed by atoms with Crippen molar-refractivity contribution in [2.45, 2.75) is 26.7 Å². The molecular formula is C16H19N3O. The van der Waals surface area contributed by atoms with E-state index in [0.29, 0.717) is 0 Å². The summed E-state index contributed by atoms with van der Waals surface area (Å²) in [5.74, 6) is 0.0697. The number of benzene rings is 1. The Morgan fingerprint density at radius 1 is 1.25 bits per heavy atom. The molecule has 0 atom stereocenters. The van der Waals surface area contributed by atoms with E-state index in [9.17, 15) is 4.79 Å². The summed E-state index contributed by atoms with van der Waals surface area (Å²) in [7, 11) is 1.88. The van der Waals surface area contributed by atoms with Crippen LogP contribution in [0.4, 0.5) is 5.69 Å². The SMILES string of the molecule is Cc1nn(C)c(C)c1C(=O)N1CCCc2ccccc21. The van der Waals surface area contributed by atoms with E-state index in [-0.39, 0.29) is 5.91 Å². The van der Waals surface area contributed by atoms with Crippen LogP contribution in [-0.2, 0) is 13.5 Å². The normalized spacial score (nSPS) is 14.2. The molecule has 0 unspecified atom stereocenters. The monoisotopic (exact) mass is 269 g/mol. The van der Waals surface area contributed by atoms with Crippen molar-refractivity contribution in [3.8, 4) is 0 Å². The summed E-state index contributed by atoms with van der Waals surface area (Å²) in [4.78, 5) is 14.8. The molecule has 0 saturated heterocycles. The number of aryl methyl sites for hydroxylation is 3. The summed E-state index contributed by atoms with van der Waals surface area (Å²) in [6.07, 6.45) is 2.06. The molecule has 2 heterocycles. The van der Waals surface area contributed by atoms with Crippen LogP contribution in [0.2, 0.25) is 0 Å². The predicted octanol–water partition coefficient (Wildman–Crippen LogP) is 2.63. The molecular weight excluding hydrogens is 250 g/mol. The summed E-state index contributed by atoms with van der Waals surface area (Å²) in [6, 6.07) is 8.17. The Hall–Kier alpha value is -2.10. The van der Waals surface area contributed by atoms with Crippen molar-refractivity contribution in [2.75, 3.05) is 11.4 Å². The smallest absolute Gasteiger partial charge is 0.262 e. The number of carbonyl (C=O) groups is 1. The molecule has 0 radical (unpaired) electrons. The number of rotatable bonds is 1. The summed E-state index contributed by atoms with van der Waals surface area (Å²) >= 11 is 0. The van der Waals surface area contributed by atoms with Crippen LogP contribution in [0.1, 0.15) is 33.7 Å². The Bertz CT molecular complexity index is 672. The zero-order valence-corrected chi connectivity index (χ0v) is 12.2. The lowest BCUT2D eigenvalue weighted by Crippen LogP contribution is -2.36. The summed E-state index contributed by atoms with van der Waals surface area (Å²) in [5, 5.41) is 4.35. The molecule has 20 heavy (non-hydrogen) atoms. The Morgan fingerprint density at radius 2 is 2.00 bits per heavy atom. The van der Waals surface area contributed by atoms with Gasteiger partial charge in [-0.15, -0.1) is 0 Å². The molecule has 104 valence electrons. The maximum absolute atomic E-state index is 12.9. The first-order valence-corrected chi connectivity index (χ1v) is 6.99. The van der Waals surface area contributed by atoms with E-state index >= 15 is 0 Å². The van der Waals surface area contributed by atoms with Crippen LogP contribution in [0.15, 0.2) is 24.3 Å². The Kier molecular flexibility index (Phi) is 3.08. The van der Waals surface area contributed by atoms with E-state index in [0.717, 1.165) is 42.0 Å². The zero-order chi connectivity index (χ0) is 14.3. The second-order valence-electron chi connectivity index (χ2n) is 5.36. The average Bonchev–Trinajstić information content (AvgIpc) is 2.71. The minimum atomic E-state index is 0.0697. The van der Waals surface area contributed by atoms with E-state index in [2.05, 4.69) is 11.2 Å². The molecule has 4 heteroatoms. The lowest BCUT2D eigenvalue weighted by atomic mass is 10.0. The highest BCUT2D eigenvalue weighted by Crippen LogP contribution is 2.29. The Labute approximate surface area is 119 Å². The molecule has 1 amide bonds. The van der Waals surface area contributed by atoms with Gasteiger partial charge in [-0.1, -0.05) is 18.2 Å². The maximum Gasteiger partial charge on any atom is 0.262 e. The summed E-state index contributed by atoms with van der Waals surface area (Å²) < 4.78 is 1.78. The fraction of sp³-hybridized carbons (Fsp3) is 0.375. The van der Waals surface area contributed by atoms with Gasteiger partial charge in [-0.2, -0.15) is 5.10 Å². The van der Waals surface area contributed by atoms with Crippen LogP contribution in [0.25, 0.3) is 0 Å². The first-order valence-electron chi connectivity index (χ1n) is 6.99. The predicted molar refractivity (Wildman–Crippen MR) is 79.1 cm³/mol. The van der Waals surface area contributed by atoms with Crippen molar-refractivity contribution in [2.24, 2.45) is 7.05 Å². The van der Waals surface area contributed by atoms with Crippen LogP contribution in [-0.4, -0.2) is 22.2 Å². The highest BCUT2D eigenvalue weighted by atomic mass is 16.2. The number of carbonyl (C=O) groups excluding carboxylic acids is 1. The minimum absolute atomic E-state index is 0.0697. The number of nitrogens with zero attached hydrogens (tertiary/aromatic N) is 3. The Morgan fingerprint density at radius 3 is 2.70 bits per heavy atom. The number of para-hydroxylation sites is 1. The topological polar surface area (TPSA) is 38.1 Å². The number of hydrogen-bond donors (Lipinski definition) is 0. The quantitative estimate of drug-likeness (QED) is 0.798. The third kappa shape index (κ3) is 1.92. The van der Waals surface area contributed by atoms with Gasteiger partial charge in [0, 0.05) is 25.0 Å². The van der Waals surface area contributed by atoms with E-state index in [4.69, 9.17) is 0 Å². The molecule has 1 aromatic carbocycles. The summed E-state index contributed by atoms with van der Waals surface area (Å²) in [5.41, 5.74) is 4.77. The second-order valence-corrected chi connectivity index (χ2v) is 5.36. The second kappa shape index (κ2) is 4.78. The molecule has 1 aromatic heterocycles. The highest BCUT2D eigenvalue weighted by Gasteiger charge is 2.27. The van der Waals surface area contributed by atoms with Crippen molar-refractivity contribution in [3.05, 3.63) is 46.8 Å². The zero-order valence-electron chi connectivity index (χ0n) is 12.2. The van der Waals surface area contributed by atoms with Crippen molar-refractivity contribution >= 4 is 11.6 Å². The minimum Gasteiger partial charge on any atom is -0.308 e. The molecule has 0 N–H and O–H groups in total. The number of hydrogen-bond acceptors (Lipinski definition) is 2. The van der Waals surface area contributed by atoms with Crippen molar-refractivity contribution in [3.63, 3.8) is 0 Å². The molecule has 1 aliphatic rings. The fourth-order valence-corrected chi connectivity index (χ4v) is 2.96. The van der Waals surface area contributed by atoms with Gasteiger partial charge in [0.15, 0.2) is 0 Å².